The van der Waals surface area contributed by atoms with Crippen molar-refractivity contribution in [2.75, 3.05) is 55.6 Å². The highest BCUT2D eigenvalue weighted by molar-refractivity contribution is 7.98. The molecule has 0 saturated heterocycles. The number of benzene rings is 3. The highest BCUT2D eigenvalue weighted by Crippen LogP contribution is 2.48. The van der Waals surface area contributed by atoms with Gasteiger partial charge in [0.15, 0.2) is 16.4 Å². The average Bonchev–Trinajstić information content (AvgIpc) is 3.23. The monoisotopic (exact) mass is 771 g/mol. The van der Waals surface area contributed by atoms with Crippen molar-refractivity contribution in [1.82, 2.24) is 10.6 Å². The van der Waals surface area contributed by atoms with E-state index in [9.17, 15) is 27.7 Å². The number of unbranched alkanes of at least 4 members (excludes halogenated alkanes) is 2. The Hall–Kier alpha value is -3.31. The van der Waals surface area contributed by atoms with Crippen LogP contribution in [0.4, 0.5) is 11.4 Å². The van der Waals surface area contributed by atoms with Gasteiger partial charge in [-0.25, -0.2) is 8.42 Å². The normalized spacial score (nSPS) is 17.2. The molecule has 0 spiro atoms. The molecule has 2 atom stereocenters. The lowest BCUT2D eigenvalue weighted by molar-refractivity contribution is -0.151. The quantitative estimate of drug-likeness (QED) is 0.0697. The molecule has 1 aliphatic rings. The summed E-state index contributed by atoms with van der Waals surface area (Å²) in [6.45, 7) is 7.73. The largest absolute Gasteiger partial charge is 0.483 e. The van der Waals surface area contributed by atoms with Gasteiger partial charge in [0, 0.05) is 42.0 Å². The maximum absolute atomic E-state index is 14.4. The van der Waals surface area contributed by atoms with Crippen LogP contribution in [0.15, 0.2) is 82.6 Å². The van der Waals surface area contributed by atoms with Crippen molar-refractivity contribution in [3.05, 3.63) is 78.4 Å². The molecule has 13 heteroatoms. The van der Waals surface area contributed by atoms with E-state index in [4.69, 9.17) is 4.74 Å². The molecule has 0 aromatic heterocycles. The maximum Gasteiger partial charge on any atom is 0.278 e. The van der Waals surface area contributed by atoms with Gasteiger partial charge in [-0.1, -0.05) is 95.0 Å². The highest BCUT2D eigenvalue weighted by atomic mass is 32.2. The molecule has 52 heavy (non-hydrogen) atoms. The fraction of sp³-hybridized carbons (Fsp3) is 0.487. The van der Waals surface area contributed by atoms with Crippen LogP contribution in [-0.2, 0) is 29.7 Å². The highest BCUT2D eigenvalue weighted by Gasteiger charge is 2.43. The van der Waals surface area contributed by atoms with Gasteiger partial charge >= 0.3 is 0 Å². The van der Waals surface area contributed by atoms with Crippen molar-refractivity contribution >= 4 is 51.9 Å². The van der Waals surface area contributed by atoms with E-state index in [1.54, 1.807) is 24.9 Å². The molecule has 3 aromatic carbocycles. The van der Waals surface area contributed by atoms with Crippen molar-refractivity contribution in [3.8, 4) is 5.75 Å². The van der Waals surface area contributed by atoms with E-state index in [0.29, 0.717) is 23.3 Å². The summed E-state index contributed by atoms with van der Waals surface area (Å²) in [4.78, 5) is 29.7. The predicted molar refractivity (Wildman–Crippen MR) is 211 cm³/mol. The van der Waals surface area contributed by atoms with Gasteiger partial charge in [0.1, 0.15) is 5.75 Å². The molecule has 1 heterocycles. The number of fused-ring (bicyclic) bond motifs is 1. The maximum atomic E-state index is 14.4. The predicted octanol–water partition coefficient (Wildman–Crippen LogP) is 7.17. The van der Waals surface area contributed by atoms with Crippen LogP contribution in [0.2, 0.25) is 0 Å². The molecule has 0 fully saturated rings. The van der Waals surface area contributed by atoms with Crippen LogP contribution in [0, 0.1) is 5.41 Å². The summed E-state index contributed by atoms with van der Waals surface area (Å²) in [5.74, 6) is -1.47. The number of nitrogens with zero attached hydrogens (tertiary/aromatic N) is 1. The SMILES string of the molecule is CCCCC1(CCCC)CN(c2ccccc2)c2cc(SC)c(OCC(=O)N[C@](O)(C(=O)NCCP(C)(=O)CC)c3ccccc3)cc2S(=O)(=O)C1. The second-order valence-electron chi connectivity index (χ2n) is 13.9. The summed E-state index contributed by atoms with van der Waals surface area (Å²) in [6, 6.07) is 21.2. The Morgan fingerprint density at radius 2 is 1.62 bits per heavy atom. The molecule has 1 unspecified atom stereocenters. The number of aliphatic hydroxyl groups is 1. The third-order valence-corrected chi connectivity index (χ3v) is 15.0. The molecule has 0 radical (unpaired) electrons. The van der Waals surface area contributed by atoms with E-state index in [1.807, 2.05) is 49.6 Å². The van der Waals surface area contributed by atoms with Crippen LogP contribution in [-0.4, -0.2) is 76.0 Å². The number of amides is 2. The summed E-state index contributed by atoms with van der Waals surface area (Å²) in [7, 11) is -6.26. The Balaban J connectivity index is 1.67. The van der Waals surface area contributed by atoms with Gasteiger partial charge in [0.25, 0.3) is 11.8 Å². The number of anilines is 2. The Morgan fingerprint density at radius 1 is 1.00 bits per heavy atom. The van der Waals surface area contributed by atoms with E-state index in [1.165, 1.54) is 30.0 Å². The number of ether oxygens (including phenoxy) is 1. The molecule has 0 aliphatic carbocycles. The summed E-state index contributed by atoms with van der Waals surface area (Å²) in [5.41, 5.74) is -1.31. The Bertz CT molecular complexity index is 1820. The molecule has 3 N–H and O–H groups in total. The Kier molecular flexibility index (Phi) is 14.5. The lowest BCUT2D eigenvalue weighted by atomic mass is 9.79. The van der Waals surface area contributed by atoms with Gasteiger partial charge < -0.3 is 29.9 Å². The van der Waals surface area contributed by atoms with Crippen LogP contribution in [0.5, 0.6) is 5.75 Å². The topological polar surface area (TPSA) is 142 Å². The average molecular weight is 772 g/mol. The molecule has 3 aromatic rings. The van der Waals surface area contributed by atoms with Crippen molar-refractivity contribution in [3.63, 3.8) is 0 Å². The third kappa shape index (κ3) is 10.2. The van der Waals surface area contributed by atoms with Crippen LogP contribution >= 0.6 is 18.9 Å². The van der Waals surface area contributed by atoms with Crippen LogP contribution in [0.25, 0.3) is 0 Å². The third-order valence-electron chi connectivity index (χ3n) is 9.79. The summed E-state index contributed by atoms with van der Waals surface area (Å²) >= 11 is 1.36. The second kappa shape index (κ2) is 18.1. The number of hydrogen-bond acceptors (Lipinski definition) is 9. The summed E-state index contributed by atoms with van der Waals surface area (Å²) in [6.07, 6.45) is 7.91. The zero-order valence-corrected chi connectivity index (χ0v) is 33.5. The number of nitrogens with one attached hydrogen (secondary N) is 2. The summed E-state index contributed by atoms with van der Waals surface area (Å²) in [5, 5.41) is 16.7. The zero-order valence-electron chi connectivity index (χ0n) is 31.0. The minimum absolute atomic E-state index is 0.000163. The zero-order chi connectivity index (χ0) is 38.0. The van der Waals surface area contributed by atoms with E-state index in [-0.39, 0.29) is 34.7 Å². The molecule has 1 aliphatic heterocycles. The first kappa shape index (κ1) is 41.4. The van der Waals surface area contributed by atoms with Gasteiger partial charge in [-0.05, 0) is 50.1 Å². The van der Waals surface area contributed by atoms with Crippen molar-refractivity contribution in [2.45, 2.75) is 74.8 Å². The Labute approximate surface area is 313 Å². The summed E-state index contributed by atoms with van der Waals surface area (Å²) < 4.78 is 47.4. The van der Waals surface area contributed by atoms with Gasteiger partial charge in [-0.3, -0.25) is 9.59 Å². The fourth-order valence-corrected chi connectivity index (χ4v) is 10.2. The minimum atomic E-state index is -3.82. The minimum Gasteiger partial charge on any atom is -0.483 e. The van der Waals surface area contributed by atoms with Crippen LogP contribution in [0.1, 0.15) is 64.9 Å². The number of rotatable bonds is 18. The Morgan fingerprint density at radius 3 is 2.19 bits per heavy atom. The number of carbonyl (C=O) groups is 2. The number of sulfone groups is 1. The van der Waals surface area contributed by atoms with E-state index >= 15 is 0 Å². The fourth-order valence-electron chi connectivity index (χ4n) is 6.59. The van der Waals surface area contributed by atoms with Crippen LogP contribution in [0.3, 0.4) is 0 Å². The molecular formula is C39H54N3O7PS2. The van der Waals surface area contributed by atoms with Gasteiger partial charge in [0.05, 0.1) is 28.4 Å². The smallest absolute Gasteiger partial charge is 0.278 e. The number of carbonyl (C=O) groups excluding carboxylic acids is 2. The first-order valence-corrected chi connectivity index (χ1v) is 23.5. The van der Waals surface area contributed by atoms with Crippen LogP contribution < -0.4 is 20.3 Å². The number of thioether (sulfide) groups is 1. The molecule has 2 amide bonds. The van der Waals surface area contributed by atoms with E-state index in [0.717, 1.165) is 44.2 Å². The second-order valence-corrected chi connectivity index (χ2v) is 20.3. The van der Waals surface area contributed by atoms with Crippen molar-refractivity contribution < 1.29 is 32.4 Å². The first-order valence-electron chi connectivity index (χ1n) is 18.1. The molecular weight excluding hydrogens is 718 g/mol. The molecule has 4 rings (SSSR count). The molecule has 10 nitrogen and oxygen atoms in total. The van der Waals surface area contributed by atoms with Crippen molar-refractivity contribution in [2.24, 2.45) is 5.41 Å². The van der Waals surface area contributed by atoms with Gasteiger partial charge in [0.2, 0.25) is 5.72 Å². The van der Waals surface area contributed by atoms with Crippen molar-refractivity contribution in [1.29, 1.82) is 0 Å². The molecule has 284 valence electrons. The van der Waals surface area contributed by atoms with E-state index < -0.39 is 46.5 Å². The molecule has 0 bridgehead atoms. The van der Waals surface area contributed by atoms with E-state index in [2.05, 4.69) is 29.4 Å². The van der Waals surface area contributed by atoms with Gasteiger partial charge in [-0.15, -0.1) is 11.8 Å². The molecule has 0 saturated carbocycles. The van der Waals surface area contributed by atoms with Gasteiger partial charge in [-0.2, -0.15) is 0 Å². The number of para-hydroxylation sites is 1. The lowest BCUT2D eigenvalue weighted by Crippen LogP contribution is -2.57. The lowest BCUT2D eigenvalue weighted by Gasteiger charge is -2.37. The first-order chi connectivity index (χ1) is 24.7. The number of hydrogen-bond donors (Lipinski definition) is 3. The standard InChI is InChI=1S/C39H54N3O7PS2/c1-6-9-21-38(22-10-7-2)28-42(31-19-15-12-16-20-31)32-25-34(51-5)33(26-35(32)52(47,48)29-38)49-27-36(43)41-39(45,30-17-13-11-14-18-30)37(44)40-23-24-50(4,46)8-3/h11-20,25-26,45H,6-10,21-24,27-29H2,1-5H3,(H,40,44)(H,41,43)/t39-,50?/m1/s1.